The minimum atomic E-state index is -0.862. The molecule has 0 spiro atoms. The Kier molecular flexibility index (Phi) is 5.47. The molecule has 3 amide bonds. The van der Waals surface area contributed by atoms with Gasteiger partial charge in [0.25, 0.3) is 11.8 Å². The molecule has 3 atom stereocenters. The molecule has 2 aromatic rings. The molecule has 2 aliphatic rings. The van der Waals surface area contributed by atoms with Crippen LogP contribution in [0.1, 0.15) is 58.9 Å². The quantitative estimate of drug-likeness (QED) is 0.794. The number of nitrogens with zero attached hydrogens (tertiary/aromatic N) is 1. The summed E-state index contributed by atoms with van der Waals surface area (Å²) in [4.78, 5) is 40.5. The van der Waals surface area contributed by atoms with E-state index in [-0.39, 0.29) is 11.9 Å². The van der Waals surface area contributed by atoms with E-state index in [2.05, 4.69) is 12.2 Å². The zero-order valence-corrected chi connectivity index (χ0v) is 16.6. The van der Waals surface area contributed by atoms with Crippen LogP contribution in [-0.2, 0) is 11.2 Å². The molecule has 2 aromatic carbocycles. The van der Waals surface area contributed by atoms with Gasteiger partial charge in [0, 0.05) is 12.5 Å². The number of benzene rings is 2. The molecular weight excluding hydrogens is 364 g/mol. The summed E-state index contributed by atoms with van der Waals surface area (Å²) in [6, 6.07) is 15.5. The number of nitrogens with one attached hydrogen (secondary N) is 1. The van der Waals surface area contributed by atoms with E-state index in [0.29, 0.717) is 23.5 Å². The van der Waals surface area contributed by atoms with Gasteiger partial charge in [-0.2, -0.15) is 0 Å². The van der Waals surface area contributed by atoms with Crippen molar-refractivity contribution in [1.29, 1.82) is 0 Å². The van der Waals surface area contributed by atoms with Crippen molar-refractivity contribution in [3.05, 3.63) is 71.3 Å². The summed E-state index contributed by atoms with van der Waals surface area (Å²) in [5.74, 6) is -0.633. The van der Waals surface area contributed by atoms with Gasteiger partial charge in [-0.15, -0.1) is 0 Å². The Morgan fingerprint density at radius 1 is 0.966 bits per heavy atom. The zero-order chi connectivity index (χ0) is 20.4. The predicted molar refractivity (Wildman–Crippen MR) is 110 cm³/mol. The van der Waals surface area contributed by atoms with Gasteiger partial charge in [-0.25, -0.2) is 0 Å². The Morgan fingerprint density at radius 3 is 2.17 bits per heavy atom. The van der Waals surface area contributed by atoms with Crippen molar-refractivity contribution in [2.24, 2.45) is 5.92 Å². The molecule has 1 heterocycles. The Bertz CT molecular complexity index is 890. The number of carbonyl (C=O) groups excluding carboxylic acids is 3. The van der Waals surface area contributed by atoms with Gasteiger partial charge in [-0.3, -0.25) is 19.3 Å². The molecule has 0 bridgehead atoms. The van der Waals surface area contributed by atoms with Crippen molar-refractivity contribution in [2.75, 3.05) is 0 Å². The van der Waals surface area contributed by atoms with E-state index in [4.69, 9.17) is 0 Å². The van der Waals surface area contributed by atoms with Crippen LogP contribution < -0.4 is 5.32 Å². The molecule has 1 saturated carbocycles. The maximum absolute atomic E-state index is 13.3. The SMILES string of the molecule is C[C@H]1CCCC[C@H]1NC(=O)[C@H](Cc1ccccc1)N1C(=O)c2ccccc2C1=O. The molecule has 4 rings (SSSR count). The van der Waals surface area contributed by atoms with Crippen LogP contribution in [0, 0.1) is 5.92 Å². The van der Waals surface area contributed by atoms with Crippen LogP contribution in [-0.4, -0.2) is 34.7 Å². The summed E-state index contributed by atoms with van der Waals surface area (Å²) in [5.41, 5.74) is 1.66. The van der Waals surface area contributed by atoms with Gasteiger partial charge in [0.2, 0.25) is 5.91 Å². The lowest BCUT2D eigenvalue weighted by Gasteiger charge is -2.33. The Hall–Kier alpha value is -2.95. The van der Waals surface area contributed by atoms with Crippen molar-refractivity contribution in [3.63, 3.8) is 0 Å². The highest BCUT2D eigenvalue weighted by Gasteiger charge is 2.43. The second-order valence-corrected chi connectivity index (χ2v) is 8.11. The van der Waals surface area contributed by atoms with Crippen molar-refractivity contribution in [3.8, 4) is 0 Å². The zero-order valence-electron chi connectivity index (χ0n) is 16.6. The Morgan fingerprint density at radius 2 is 1.55 bits per heavy atom. The van der Waals surface area contributed by atoms with Gasteiger partial charge in [-0.1, -0.05) is 62.2 Å². The summed E-state index contributed by atoms with van der Waals surface area (Å²) >= 11 is 0. The van der Waals surface area contributed by atoms with Crippen molar-refractivity contribution in [1.82, 2.24) is 10.2 Å². The smallest absolute Gasteiger partial charge is 0.262 e. The fraction of sp³-hybridized carbons (Fsp3) is 0.375. The molecule has 5 heteroatoms. The summed E-state index contributed by atoms with van der Waals surface area (Å²) in [5, 5.41) is 3.15. The highest BCUT2D eigenvalue weighted by Crippen LogP contribution is 2.28. The van der Waals surface area contributed by atoms with Gasteiger partial charge in [0.15, 0.2) is 0 Å². The molecule has 0 radical (unpaired) electrons. The van der Waals surface area contributed by atoms with Crippen LogP contribution in [0.4, 0.5) is 0 Å². The van der Waals surface area contributed by atoms with Crippen LogP contribution in [0.15, 0.2) is 54.6 Å². The molecule has 29 heavy (non-hydrogen) atoms. The molecule has 1 aliphatic heterocycles. The summed E-state index contributed by atoms with van der Waals surface area (Å²) < 4.78 is 0. The lowest BCUT2D eigenvalue weighted by Crippen LogP contribution is -2.54. The first-order chi connectivity index (χ1) is 14.1. The first-order valence-corrected chi connectivity index (χ1v) is 10.4. The summed E-state index contributed by atoms with van der Waals surface area (Å²) in [6.07, 6.45) is 4.60. The largest absolute Gasteiger partial charge is 0.351 e. The topological polar surface area (TPSA) is 66.5 Å². The fourth-order valence-corrected chi connectivity index (χ4v) is 4.44. The minimum absolute atomic E-state index is 0.0877. The lowest BCUT2D eigenvalue weighted by atomic mass is 9.85. The van der Waals surface area contributed by atoms with E-state index in [1.807, 2.05) is 30.3 Å². The summed E-state index contributed by atoms with van der Waals surface area (Å²) in [7, 11) is 0. The number of carbonyl (C=O) groups is 3. The first-order valence-electron chi connectivity index (χ1n) is 10.4. The number of hydrogen-bond acceptors (Lipinski definition) is 3. The van der Waals surface area contributed by atoms with Gasteiger partial charge >= 0.3 is 0 Å². The maximum Gasteiger partial charge on any atom is 0.262 e. The minimum Gasteiger partial charge on any atom is -0.351 e. The summed E-state index contributed by atoms with van der Waals surface area (Å²) in [6.45, 7) is 2.15. The van der Waals surface area contributed by atoms with Crippen molar-refractivity contribution in [2.45, 2.75) is 51.1 Å². The second-order valence-electron chi connectivity index (χ2n) is 8.11. The Labute approximate surface area is 171 Å². The number of hydrogen-bond donors (Lipinski definition) is 1. The van der Waals surface area contributed by atoms with E-state index in [1.165, 1.54) is 6.42 Å². The predicted octanol–water partition coefficient (Wildman–Crippen LogP) is 3.59. The molecule has 1 N–H and O–H groups in total. The highest BCUT2D eigenvalue weighted by atomic mass is 16.2. The van der Waals surface area contributed by atoms with Gasteiger partial charge in [0.05, 0.1) is 11.1 Å². The monoisotopic (exact) mass is 390 g/mol. The third-order valence-electron chi connectivity index (χ3n) is 6.15. The molecule has 1 fully saturated rings. The fourth-order valence-electron chi connectivity index (χ4n) is 4.44. The molecule has 0 unspecified atom stereocenters. The average molecular weight is 390 g/mol. The van der Waals surface area contributed by atoms with E-state index >= 15 is 0 Å². The van der Waals surface area contributed by atoms with Gasteiger partial charge in [0.1, 0.15) is 6.04 Å². The van der Waals surface area contributed by atoms with Gasteiger partial charge in [-0.05, 0) is 36.5 Å². The number of fused-ring (bicyclic) bond motifs is 1. The standard InChI is InChI=1S/C24H26N2O3/c1-16-9-5-8-14-20(16)25-22(27)21(15-17-10-3-2-4-11-17)26-23(28)18-12-6-7-13-19(18)24(26)29/h2-4,6-7,10-13,16,20-21H,5,8-9,14-15H2,1H3,(H,25,27)/t16-,20+,21-/m0/s1. The molecule has 150 valence electrons. The van der Waals surface area contributed by atoms with E-state index < -0.39 is 17.9 Å². The first kappa shape index (κ1) is 19.4. The third kappa shape index (κ3) is 3.82. The molecule has 1 aliphatic carbocycles. The van der Waals surface area contributed by atoms with Crippen molar-refractivity contribution >= 4 is 17.7 Å². The third-order valence-corrected chi connectivity index (χ3v) is 6.15. The van der Waals surface area contributed by atoms with Crippen molar-refractivity contribution < 1.29 is 14.4 Å². The number of imide groups is 1. The highest BCUT2D eigenvalue weighted by molar-refractivity contribution is 6.22. The van der Waals surface area contributed by atoms with E-state index in [9.17, 15) is 14.4 Å². The number of amides is 3. The molecule has 0 saturated heterocycles. The molecule has 5 nitrogen and oxygen atoms in total. The van der Waals surface area contributed by atoms with Crippen LogP contribution in [0.25, 0.3) is 0 Å². The second kappa shape index (κ2) is 8.19. The average Bonchev–Trinajstić information content (AvgIpc) is 2.99. The maximum atomic E-state index is 13.3. The van der Waals surface area contributed by atoms with Crippen LogP contribution in [0.2, 0.25) is 0 Å². The van der Waals surface area contributed by atoms with Crippen LogP contribution in [0.3, 0.4) is 0 Å². The van der Waals surface area contributed by atoms with E-state index in [0.717, 1.165) is 29.7 Å². The molecular formula is C24H26N2O3. The Balaban J connectivity index is 1.63. The van der Waals surface area contributed by atoms with Crippen LogP contribution in [0.5, 0.6) is 0 Å². The van der Waals surface area contributed by atoms with Gasteiger partial charge < -0.3 is 5.32 Å². The lowest BCUT2D eigenvalue weighted by molar-refractivity contribution is -0.126. The molecule has 0 aromatic heterocycles. The normalized spacial score (nSPS) is 22.3. The van der Waals surface area contributed by atoms with Crippen LogP contribution >= 0.6 is 0 Å². The number of rotatable bonds is 5. The van der Waals surface area contributed by atoms with E-state index in [1.54, 1.807) is 24.3 Å².